The van der Waals surface area contributed by atoms with E-state index in [9.17, 15) is 9.59 Å². The van der Waals surface area contributed by atoms with E-state index >= 15 is 0 Å². The number of nitrogens with zero attached hydrogens (tertiary/aromatic N) is 4. The topological polar surface area (TPSA) is 93.3 Å². The zero-order chi connectivity index (χ0) is 18.5. The molecule has 2 heterocycles. The average molecular weight is 355 g/mol. The molecular weight excluding hydrogens is 334 g/mol. The van der Waals surface area contributed by atoms with Crippen molar-refractivity contribution in [3.8, 4) is 0 Å². The van der Waals surface area contributed by atoms with E-state index in [0.717, 1.165) is 5.76 Å². The molecular formula is C18H21N5O3. The van der Waals surface area contributed by atoms with Gasteiger partial charge in [0.05, 0.1) is 24.2 Å². The fraction of sp³-hybridized carbons (Fsp3) is 0.333. The smallest absolute Gasteiger partial charge is 0.277 e. The predicted molar refractivity (Wildman–Crippen MR) is 96.6 cm³/mol. The first-order valence-electron chi connectivity index (χ1n) is 8.35. The summed E-state index contributed by atoms with van der Waals surface area (Å²) in [6.45, 7) is 0.591. The molecule has 1 atom stereocenters. The van der Waals surface area contributed by atoms with Crippen molar-refractivity contribution in [2.75, 3.05) is 20.6 Å². The standard InChI is InChI=1S/C18H21N5O3/c1-22(2)15(16-8-5-11-26-16)12-19-17(24)9-10-23-18(25)13-6-3-4-7-14(13)20-21-23/h3-8,11,15H,9-10,12H2,1-2H3,(H,19,24). The van der Waals surface area contributed by atoms with Crippen LogP contribution in [0.2, 0.25) is 0 Å². The van der Waals surface area contributed by atoms with E-state index in [1.165, 1.54) is 4.68 Å². The minimum absolute atomic E-state index is 0.0582. The van der Waals surface area contributed by atoms with Crippen LogP contribution < -0.4 is 10.9 Å². The molecule has 0 fully saturated rings. The molecule has 2 aromatic heterocycles. The second-order valence-corrected chi connectivity index (χ2v) is 6.18. The lowest BCUT2D eigenvalue weighted by Gasteiger charge is -2.22. The highest BCUT2D eigenvalue weighted by Crippen LogP contribution is 2.17. The fourth-order valence-electron chi connectivity index (χ4n) is 2.69. The maximum atomic E-state index is 12.4. The molecule has 8 nitrogen and oxygen atoms in total. The van der Waals surface area contributed by atoms with Crippen LogP contribution in [0.15, 0.2) is 51.9 Å². The maximum absolute atomic E-state index is 12.4. The van der Waals surface area contributed by atoms with E-state index in [2.05, 4.69) is 15.6 Å². The van der Waals surface area contributed by atoms with Crippen LogP contribution in [0.4, 0.5) is 0 Å². The van der Waals surface area contributed by atoms with Crippen molar-refractivity contribution in [3.63, 3.8) is 0 Å². The van der Waals surface area contributed by atoms with Gasteiger partial charge in [0.25, 0.3) is 5.56 Å². The maximum Gasteiger partial charge on any atom is 0.277 e. The number of furan rings is 1. The highest BCUT2D eigenvalue weighted by atomic mass is 16.3. The number of carbonyl (C=O) groups excluding carboxylic acids is 1. The number of aryl methyl sites for hydroxylation is 1. The van der Waals surface area contributed by atoms with Crippen LogP contribution in [0.25, 0.3) is 10.9 Å². The van der Waals surface area contributed by atoms with Crippen LogP contribution >= 0.6 is 0 Å². The third-order valence-electron chi connectivity index (χ3n) is 4.17. The summed E-state index contributed by atoms with van der Waals surface area (Å²) < 4.78 is 6.64. The number of nitrogens with one attached hydrogen (secondary N) is 1. The van der Waals surface area contributed by atoms with Crippen LogP contribution in [0, 0.1) is 0 Å². The minimum atomic E-state index is -0.245. The van der Waals surface area contributed by atoms with Crippen LogP contribution in [-0.4, -0.2) is 46.4 Å². The Kier molecular flexibility index (Phi) is 5.43. The summed E-state index contributed by atoms with van der Waals surface area (Å²) in [4.78, 5) is 26.5. The molecule has 0 radical (unpaired) electrons. The highest BCUT2D eigenvalue weighted by Gasteiger charge is 2.18. The summed E-state index contributed by atoms with van der Waals surface area (Å²) in [6, 6.07) is 10.6. The van der Waals surface area contributed by atoms with E-state index in [0.29, 0.717) is 17.4 Å². The molecule has 0 bridgehead atoms. The van der Waals surface area contributed by atoms with Gasteiger partial charge in [0.1, 0.15) is 11.3 Å². The van der Waals surface area contributed by atoms with E-state index in [4.69, 9.17) is 4.42 Å². The average Bonchev–Trinajstić information content (AvgIpc) is 3.15. The van der Waals surface area contributed by atoms with E-state index in [1.54, 1.807) is 30.5 Å². The number of benzene rings is 1. The lowest BCUT2D eigenvalue weighted by atomic mass is 10.2. The third kappa shape index (κ3) is 3.97. The summed E-state index contributed by atoms with van der Waals surface area (Å²) in [5.74, 6) is 0.622. The number of amides is 1. The molecule has 1 N–H and O–H groups in total. The Labute approximate surface area is 150 Å². The molecule has 0 spiro atoms. The molecule has 26 heavy (non-hydrogen) atoms. The van der Waals surface area contributed by atoms with Gasteiger partial charge in [-0.05, 0) is 38.4 Å². The van der Waals surface area contributed by atoms with Gasteiger partial charge in [-0.15, -0.1) is 5.10 Å². The number of carbonyl (C=O) groups is 1. The van der Waals surface area contributed by atoms with Gasteiger partial charge in [-0.1, -0.05) is 17.3 Å². The first-order valence-corrected chi connectivity index (χ1v) is 8.35. The van der Waals surface area contributed by atoms with Crippen LogP contribution in [0.3, 0.4) is 0 Å². The van der Waals surface area contributed by atoms with Crippen molar-refractivity contribution in [1.29, 1.82) is 0 Å². The van der Waals surface area contributed by atoms with Gasteiger partial charge in [0.2, 0.25) is 5.91 Å². The lowest BCUT2D eigenvalue weighted by molar-refractivity contribution is -0.121. The number of hydrogen-bond acceptors (Lipinski definition) is 6. The zero-order valence-corrected chi connectivity index (χ0v) is 14.8. The van der Waals surface area contributed by atoms with Crippen LogP contribution in [0.5, 0.6) is 0 Å². The largest absolute Gasteiger partial charge is 0.468 e. The van der Waals surface area contributed by atoms with Gasteiger partial charge in [0.15, 0.2) is 0 Å². The number of fused-ring (bicyclic) bond motifs is 1. The van der Waals surface area contributed by atoms with Crippen LogP contribution in [-0.2, 0) is 11.3 Å². The molecule has 3 rings (SSSR count). The summed E-state index contributed by atoms with van der Waals surface area (Å²) in [6.07, 6.45) is 1.75. The second-order valence-electron chi connectivity index (χ2n) is 6.18. The SMILES string of the molecule is CN(C)C(CNC(=O)CCn1nnc2ccccc2c1=O)c1ccco1. The van der Waals surface area contributed by atoms with Crippen LogP contribution in [0.1, 0.15) is 18.2 Å². The summed E-state index contributed by atoms with van der Waals surface area (Å²) in [7, 11) is 3.84. The molecule has 0 saturated carbocycles. The van der Waals surface area contributed by atoms with Gasteiger partial charge >= 0.3 is 0 Å². The van der Waals surface area contributed by atoms with Crippen molar-refractivity contribution in [1.82, 2.24) is 25.2 Å². The van der Waals surface area contributed by atoms with E-state index in [-0.39, 0.29) is 30.5 Å². The van der Waals surface area contributed by atoms with Crippen molar-refractivity contribution in [2.45, 2.75) is 19.0 Å². The molecule has 8 heteroatoms. The van der Waals surface area contributed by atoms with Crippen molar-refractivity contribution >= 4 is 16.8 Å². The number of hydrogen-bond donors (Lipinski definition) is 1. The molecule has 1 amide bonds. The van der Waals surface area contributed by atoms with Crippen molar-refractivity contribution in [3.05, 3.63) is 58.8 Å². The zero-order valence-electron chi connectivity index (χ0n) is 14.8. The normalized spacial score (nSPS) is 12.4. The van der Waals surface area contributed by atoms with Gasteiger partial charge in [-0.25, -0.2) is 4.68 Å². The van der Waals surface area contributed by atoms with Crippen molar-refractivity contribution in [2.24, 2.45) is 0 Å². The second kappa shape index (κ2) is 7.92. The monoisotopic (exact) mass is 355 g/mol. The van der Waals surface area contributed by atoms with Gasteiger partial charge in [-0.2, -0.15) is 0 Å². The Morgan fingerprint density at radius 2 is 2.08 bits per heavy atom. The van der Waals surface area contributed by atoms with Crippen molar-refractivity contribution < 1.29 is 9.21 Å². The first kappa shape index (κ1) is 17.8. The van der Waals surface area contributed by atoms with E-state index in [1.807, 2.05) is 31.1 Å². The molecule has 0 aliphatic carbocycles. The number of likely N-dealkylation sites (N-methyl/N-ethyl adjacent to an activating group) is 1. The summed E-state index contributed by atoms with van der Waals surface area (Å²) >= 11 is 0. The molecule has 136 valence electrons. The summed E-state index contributed by atoms with van der Waals surface area (Å²) in [5.41, 5.74) is 0.302. The summed E-state index contributed by atoms with van der Waals surface area (Å²) in [5, 5.41) is 11.3. The quantitative estimate of drug-likeness (QED) is 0.684. The molecule has 1 aromatic carbocycles. The Morgan fingerprint density at radius 3 is 2.81 bits per heavy atom. The van der Waals surface area contributed by atoms with Gasteiger partial charge < -0.3 is 9.73 Å². The predicted octanol–water partition coefficient (Wildman–Crippen LogP) is 1.19. The Bertz CT molecular complexity index is 933. The lowest BCUT2D eigenvalue weighted by Crippen LogP contribution is -2.35. The Morgan fingerprint density at radius 1 is 1.27 bits per heavy atom. The third-order valence-corrected chi connectivity index (χ3v) is 4.17. The Balaban J connectivity index is 1.59. The number of rotatable bonds is 7. The Hall–Kier alpha value is -3.00. The molecule has 0 aliphatic rings. The minimum Gasteiger partial charge on any atom is -0.468 e. The molecule has 0 aliphatic heterocycles. The number of aromatic nitrogens is 3. The molecule has 1 unspecified atom stereocenters. The van der Waals surface area contributed by atoms with E-state index < -0.39 is 0 Å². The van der Waals surface area contributed by atoms with Gasteiger partial charge in [0, 0.05) is 13.0 Å². The highest BCUT2D eigenvalue weighted by molar-refractivity contribution is 5.77. The first-order chi connectivity index (χ1) is 12.6. The van der Waals surface area contributed by atoms with Gasteiger partial charge in [-0.3, -0.25) is 14.5 Å². The molecule has 3 aromatic rings. The molecule has 0 saturated heterocycles. The fourth-order valence-corrected chi connectivity index (χ4v) is 2.69.